The molecule has 0 N–H and O–H groups in total. The van der Waals surface area contributed by atoms with E-state index < -0.39 is 0 Å². The molecule has 0 radical (unpaired) electrons. The minimum Gasteiger partial charge on any atom is -0.0903 e. The Bertz CT molecular complexity index is 353. The van der Waals surface area contributed by atoms with Gasteiger partial charge in [0.15, 0.2) is 0 Å². The van der Waals surface area contributed by atoms with Crippen molar-refractivity contribution >= 4 is 0 Å². The fourth-order valence-electron chi connectivity index (χ4n) is 1.85. The van der Waals surface area contributed by atoms with Gasteiger partial charge in [-0.2, -0.15) is 0 Å². The van der Waals surface area contributed by atoms with E-state index in [0.29, 0.717) is 0 Å². The van der Waals surface area contributed by atoms with E-state index in [1.54, 1.807) is 0 Å². The van der Waals surface area contributed by atoms with E-state index in [9.17, 15) is 0 Å². The highest BCUT2D eigenvalue weighted by molar-refractivity contribution is 5.30. The van der Waals surface area contributed by atoms with E-state index in [4.69, 9.17) is 5.53 Å². The van der Waals surface area contributed by atoms with Gasteiger partial charge in [0.25, 0.3) is 0 Å². The van der Waals surface area contributed by atoms with Crippen LogP contribution in [0.1, 0.15) is 17.5 Å². The van der Waals surface area contributed by atoms with Crippen molar-refractivity contribution in [2.24, 2.45) is 5.11 Å². The third-order valence-corrected chi connectivity index (χ3v) is 2.54. The van der Waals surface area contributed by atoms with E-state index >= 15 is 0 Å². The van der Waals surface area contributed by atoms with Gasteiger partial charge >= 0.3 is 0 Å². The lowest BCUT2D eigenvalue weighted by Crippen LogP contribution is -2.16. The Balaban J connectivity index is 2.24. The first kappa shape index (κ1) is 8.14. The first-order valence-corrected chi connectivity index (χ1v) is 4.51. The predicted molar refractivity (Wildman–Crippen MR) is 51.4 cm³/mol. The van der Waals surface area contributed by atoms with E-state index in [2.05, 4.69) is 28.2 Å². The van der Waals surface area contributed by atoms with Gasteiger partial charge in [0.05, 0.1) is 0 Å². The Kier molecular flexibility index (Phi) is 2.19. The van der Waals surface area contributed by atoms with Gasteiger partial charge in [0.2, 0.25) is 0 Å². The second-order valence-electron chi connectivity index (χ2n) is 3.37. The SMILES string of the molecule is [N-]=[N+]=N[C@@H]1CCc2ccccc2C1. The Morgan fingerprint density at radius 3 is 2.85 bits per heavy atom. The number of rotatable bonds is 1. The minimum absolute atomic E-state index is 0.167. The van der Waals surface area contributed by atoms with Gasteiger partial charge in [0.1, 0.15) is 0 Å². The molecule has 1 atom stereocenters. The van der Waals surface area contributed by atoms with E-state index in [1.165, 1.54) is 11.1 Å². The molecule has 1 aliphatic rings. The molecular formula is C10H11N3. The fraction of sp³-hybridized carbons (Fsp3) is 0.400. The lowest BCUT2D eigenvalue weighted by molar-refractivity contribution is 0.574. The van der Waals surface area contributed by atoms with Crippen LogP contribution >= 0.6 is 0 Å². The molecule has 1 aromatic rings. The molecule has 1 aromatic carbocycles. The summed E-state index contributed by atoms with van der Waals surface area (Å²) >= 11 is 0. The maximum Gasteiger partial charge on any atom is 0.0417 e. The number of hydrogen-bond donors (Lipinski definition) is 0. The largest absolute Gasteiger partial charge is 0.0903 e. The van der Waals surface area contributed by atoms with Crippen molar-refractivity contribution in [1.29, 1.82) is 0 Å². The number of azide groups is 1. The normalized spacial score (nSPS) is 20.2. The Morgan fingerprint density at radius 2 is 2.08 bits per heavy atom. The number of fused-ring (bicyclic) bond motifs is 1. The Labute approximate surface area is 77.0 Å². The van der Waals surface area contributed by atoms with Crippen LogP contribution in [-0.4, -0.2) is 6.04 Å². The summed E-state index contributed by atoms with van der Waals surface area (Å²) < 4.78 is 0. The average molecular weight is 173 g/mol. The van der Waals surface area contributed by atoms with E-state index in [1.807, 2.05) is 6.07 Å². The van der Waals surface area contributed by atoms with Gasteiger partial charge in [-0.3, -0.25) is 0 Å². The fourth-order valence-corrected chi connectivity index (χ4v) is 1.85. The van der Waals surface area contributed by atoms with Gasteiger partial charge in [0, 0.05) is 11.0 Å². The molecule has 0 bridgehead atoms. The van der Waals surface area contributed by atoms with Crippen LogP contribution in [0.4, 0.5) is 0 Å². The molecule has 0 amide bonds. The maximum absolute atomic E-state index is 8.32. The molecule has 1 aliphatic carbocycles. The highest BCUT2D eigenvalue weighted by atomic mass is 15.1. The van der Waals surface area contributed by atoms with Crippen LogP contribution in [0.3, 0.4) is 0 Å². The first-order chi connectivity index (χ1) is 6.40. The summed E-state index contributed by atoms with van der Waals surface area (Å²) in [4.78, 5) is 2.86. The summed E-state index contributed by atoms with van der Waals surface area (Å²) in [5, 5.41) is 3.76. The lowest BCUT2D eigenvalue weighted by atomic mass is 9.89. The quantitative estimate of drug-likeness (QED) is 0.356. The van der Waals surface area contributed by atoms with Gasteiger partial charge in [-0.05, 0) is 35.9 Å². The van der Waals surface area contributed by atoms with Gasteiger partial charge < -0.3 is 0 Å². The Hall–Kier alpha value is -1.47. The summed E-state index contributed by atoms with van der Waals surface area (Å²) in [5.41, 5.74) is 11.1. The zero-order valence-corrected chi connectivity index (χ0v) is 7.35. The van der Waals surface area contributed by atoms with Crippen molar-refractivity contribution in [1.82, 2.24) is 0 Å². The van der Waals surface area contributed by atoms with Crippen LogP contribution in [-0.2, 0) is 12.8 Å². The molecule has 0 saturated heterocycles. The zero-order valence-electron chi connectivity index (χ0n) is 7.35. The van der Waals surface area contributed by atoms with Crippen LogP contribution in [0.5, 0.6) is 0 Å². The monoisotopic (exact) mass is 173 g/mol. The molecule has 0 aliphatic heterocycles. The standard InChI is InChI=1S/C10H11N3/c11-13-12-10-6-5-8-3-1-2-4-9(8)7-10/h1-4,10H,5-7H2/t10-/m1/s1. The van der Waals surface area contributed by atoms with Gasteiger partial charge in [-0.25, -0.2) is 0 Å². The van der Waals surface area contributed by atoms with E-state index in [0.717, 1.165) is 19.3 Å². The van der Waals surface area contributed by atoms with Crippen molar-refractivity contribution in [3.8, 4) is 0 Å². The van der Waals surface area contributed by atoms with Crippen molar-refractivity contribution in [3.05, 3.63) is 45.8 Å². The summed E-state index contributed by atoms with van der Waals surface area (Å²) in [7, 11) is 0. The predicted octanol–water partition coefficient (Wildman–Crippen LogP) is 2.85. The molecule has 0 saturated carbocycles. The third-order valence-electron chi connectivity index (χ3n) is 2.54. The maximum atomic E-state index is 8.32. The number of aryl methyl sites for hydroxylation is 1. The van der Waals surface area contributed by atoms with Crippen LogP contribution in [0, 0.1) is 0 Å². The van der Waals surface area contributed by atoms with Gasteiger partial charge in [-0.1, -0.05) is 29.4 Å². The molecule has 13 heavy (non-hydrogen) atoms. The van der Waals surface area contributed by atoms with Crippen molar-refractivity contribution < 1.29 is 0 Å². The van der Waals surface area contributed by atoms with Crippen molar-refractivity contribution in [3.63, 3.8) is 0 Å². The molecule has 3 heteroatoms. The van der Waals surface area contributed by atoms with Crippen LogP contribution in [0.15, 0.2) is 29.4 Å². The summed E-state index contributed by atoms with van der Waals surface area (Å²) in [6.07, 6.45) is 2.93. The number of nitrogens with zero attached hydrogens (tertiary/aromatic N) is 3. The molecule has 0 spiro atoms. The molecule has 0 unspecified atom stereocenters. The highest BCUT2D eigenvalue weighted by Crippen LogP contribution is 2.22. The second-order valence-corrected chi connectivity index (χ2v) is 3.37. The lowest BCUT2D eigenvalue weighted by Gasteiger charge is -2.20. The molecule has 0 aromatic heterocycles. The summed E-state index contributed by atoms with van der Waals surface area (Å²) in [6.45, 7) is 0. The molecule has 0 fully saturated rings. The number of hydrogen-bond acceptors (Lipinski definition) is 1. The van der Waals surface area contributed by atoms with Crippen LogP contribution in [0.25, 0.3) is 10.4 Å². The Morgan fingerprint density at radius 1 is 1.31 bits per heavy atom. The molecule has 2 rings (SSSR count). The minimum atomic E-state index is 0.167. The van der Waals surface area contributed by atoms with Crippen LogP contribution in [0.2, 0.25) is 0 Å². The summed E-state index contributed by atoms with van der Waals surface area (Å²) in [6, 6.07) is 8.54. The van der Waals surface area contributed by atoms with Crippen molar-refractivity contribution in [2.75, 3.05) is 0 Å². The van der Waals surface area contributed by atoms with Crippen molar-refractivity contribution in [2.45, 2.75) is 25.3 Å². The van der Waals surface area contributed by atoms with Gasteiger partial charge in [-0.15, -0.1) is 0 Å². The number of benzene rings is 1. The molecule has 3 nitrogen and oxygen atoms in total. The average Bonchev–Trinajstić information content (AvgIpc) is 2.18. The van der Waals surface area contributed by atoms with Crippen LogP contribution < -0.4 is 0 Å². The topological polar surface area (TPSA) is 48.8 Å². The second kappa shape index (κ2) is 3.50. The smallest absolute Gasteiger partial charge is 0.0417 e. The molecule has 66 valence electrons. The third kappa shape index (κ3) is 1.65. The zero-order chi connectivity index (χ0) is 9.10. The molecule has 0 heterocycles. The highest BCUT2D eigenvalue weighted by Gasteiger charge is 2.16. The first-order valence-electron chi connectivity index (χ1n) is 4.51. The summed E-state index contributed by atoms with van der Waals surface area (Å²) in [5.74, 6) is 0. The molecular weight excluding hydrogens is 162 g/mol. The van der Waals surface area contributed by atoms with E-state index in [-0.39, 0.29) is 6.04 Å².